The van der Waals surface area contributed by atoms with Gasteiger partial charge in [0.15, 0.2) is 0 Å². The number of hydrogen-bond donors (Lipinski definition) is 1. The molecule has 0 radical (unpaired) electrons. The molecule has 1 saturated carbocycles. The van der Waals surface area contributed by atoms with Crippen LogP contribution in [0.5, 0.6) is 0 Å². The van der Waals surface area contributed by atoms with Gasteiger partial charge < -0.3 is 15.2 Å². The number of halogens is 1. The van der Waals surface area contributed by atoms with Crippen molar-refractivity contribution in [2.75, 3.05) is 26.2 Å². The van der Waals surface area contributed by atoms with Crippen LogP contribution in [0.2, 0.25) is 0 Å². The maximum atomic E-state index is 12.4. The molecule has 10 heteroatoms. The van der Waals surface area contributed by atoms with Crippen molar-refractivity contribution in [3.05, 3.63) is 18.0 Å². The van der Waals surface area contributed by atoms with Crippen molar-refractivity contribution in [1.82, 2.24) is 14.4 Å². The monoisotopic (exact) mass is 392 g/mol. The zero-order valence-electron chi connectivity index (χ0n) is 14.0. The Hall–Kier alpha value is -1.16. The van der Waals surface area contributed by atoms with Gasteiger partial charge in [0.2, 0.25) is 15.9 Å². The first-order chi connectivity index (χ1) is 11.5. The van der Waals surface area contributed by atoms with Crippen molar-refractivity contribution in [2.24, 2.45) is 11.7 Å². The lowest BCUT2D eigenvalue weighted by molar-refractivity contribution is -0.133. The average molecular weight is 393 g/mol. The van der Waals surface area contributed by atoms with Gasteiger partial charge in [-0.1, -0.05) is 11.6 Å². The topological polar surface area (TPSA) is 110 Å². The Kier molecular flexibility index (Phi) is 6.84. The first kappa shape index (κ1) is 20.2. The normalized spacial score (nSPS) is 24.9. The third-order valence-corrected chi connectivity index (χ3v) is 6.77. The molecule has 2 N–H and O–H groups in total. The SMILES string of the molecule is Cl.N[C@@H]1CCC[C@H]1CC(=O)N1CCN(S(=O)(=O)Cc2ccon2)CC1. The Morgan fingerprint density at radius 3 is 2.56 bits per heavy atom. The van der Waals surface area contributed by atoms with Crippen molar-refractivity contribution < 1.29 is 17.7 Å². The van der Waals surface area contributed by atoms with Crippen LogP contribution < -0.4 is 5.73 Å². The lowest BCUT2D eigenvalue weighted by atomic mass is 9.99. The van der Waals surface area contributed by atoms with E-state index in [2.05, 4.69) is 9.68 Å². The Bertz CT molecular complexity index is 659. The van der Waals surface area contributed by atoms with Crippen LogP contribution in [0, 0.1) is 5.92 Å². The van der Waals surface area contributed by atoms with Crippen LogP contribution >= 0.6 is 12.4 Å². The Morgan fingerprint density at radius 1 is 1.28 bits per heavy atom. The van der Waals surface area contributed by atoms with E-state index >= 15 is 0 Å². The summed E-state index contributed by atoms with van der Waals surface area (Å²) in [6, 6.07) is 1.67. The van der Waals surface area contributed by atoms with Crippen LogP contribution in [0.3, 0.4) is 0 Å². The Morgan fingerprint density at radius 2 is 2.00 bits per heavy atom. The number of amides is 1. The summed E-state index contributed by atoms with van der Waals surface area (Å²) in [6.45, 7) is 1.50. The third kappa shape index (κ3) is 4.93. The molecule has 0 unspecified atom stereocenters. The number of rotatable bonds is 5. The molecule has 0 spiro atoms. The molecule has 2 heterocycles. The first-order valence-corrected chi connectivity index (χ1v) is 9.97. The number of nitrogens with two attached hydrogens (primary N) is 1. The fourth-order valence-corrected chi connectivity index (χ4v) is 4.90. The number of nitrogens with zero attached hydrogens (tertiary/aromatic N) is 3. The summed E-state index contributed by atoms with van der Waals surface area (Å²) in [7, 11) is -3.43. The molecule has 0 aromatic carbocycles. The standard InChI is InChI=1S/C15H24N4O4S.ClH/c16-14-3-1-2-12(14)10-15(20)18-5-7-19(8-6-18)24(21,22)11-13-4-9-23-17-13;/h4,9,12,14H,1-3,5-8,10-11,16H2;1H/t12-,14+;/m0./s1. The first-order valence-electron chi connectivity index (χ1n) is 8.36. The second-order valence-corrected chi connectivity index (χ2v) is 8.55. The summed E-state index contributed by atoms with van der Waals surface area (Å²) in [5, 5.41) is 3.65. The minimum Gasteiger partial charge on any atom is -0.364 e. The highest BCUT2D eigenvalue weighted by molar-refractivity contribution is 7.88. The molecule has 8 nitrogen and oxygen atoms in total. The van der Waals surface area contributed by atoms with Crippen molar-refractivity contribution in [1.29, 1.82) is 0 Å². The summed E-state index contributed by atoms with van der Waals surface area (Å²) in [6.07, 6.45) is 4.93. The average Bonchev–Trinajstić information content (AvgIpc) is 3.19. The minimum atomic E-state index is -3.43. The lowest BCUT2D eigenvalue weighted by Gasteiger charge is -2.34. The highest BCUT2D eigenvalue weighted by atomic mass is 35.5. The summed E-state index contributed by atoms with van der Waals surface area (Å²) in [5.74, 6) is 0.186. The summed E-state index contributed by atoms with van der Waals surface area (Å²) >= 11 is 0. The number of sulfonamides is 1. The van der Waals surface area contributed by atoms with Gasteiger partial charge in [-0.05, 0) is 18.8 Å². The number of aromatic nitrogens is 1. The van der Waals surface area contributed by atoms with Crippen molar-refractivity contribution in [3.8, 4) is 0 Å². The van der Waals surface area contributed by atoms with Crippen LogP contribution in [0.25, 0.3) is 0 Å². The van der Waals surface area contributed by atoms with Crippen LogP contribution in [0.1, 0.15) is 31.4 Å². The van der Waals surface area contributed by atoms with E-state index in [9.17, 15) is 13.2 Å². The number of piperazine rings is 1. The minimum absolute atomic E-state index is 0. The molecule has 2 aliphatic rings. The molecule has 1 aromatic rings. The molecule has 1 saturated heterocycles. The maximum absolute atomic E-state index is 12.4. The van der Waals surface area contributed by atoms with E-state index in [0.717, 1.165) is 19.3 Å². The molecule has 2 atom stereocenters. The molecule has 2 fully saturated rings. The van der Waals surface area contributed by atoms with Crippen molar-refractivity contribution >= 4 is 28.3 Å². The molecule has 1 aliphatic carbocycles. The highest BCUT2D eigenvalue weighted by Crippen LogP contribution is 2.27. The van der Waals surface area contributed by atoms with E-state index in [-0.39, 0.29) is 36.0 Å². The molecule has 0 bridgehead atoms. The predicted octanol–water partition coefficient (Wildman–Crippen LogP) is 0.588. The molecule has 3 rings (SSSR count). The number of carbonyl (C=O) groups is 1. The molecule has 142 valence electrons. The maximum Gasteiger partial charge on any atom is 0.222 e. The zero-order chi connectivity index (χ0) is 17.2. The molecular formula is C15H25ClN4O4S. The molecule has 1 aliphatic heterocycles. The van der Waals surface area contributed by atoms with E-state index in [4.69, 9.17) is 5.73 Å². The fraction of sp³-hybridized carbons (Fsp3) is 0.733. The van der Waals surface area contributed by atoms with Gasteiger partial charge >= 0.3 is 0 Å². The van der Waals surface area contributed by atoms with E-state index in [0.29, 0.717) is 38.3 Å². The van der Waals surface area contributed by atoms with E-state index in [1.165, 1.54) is 10.6 Å². The van der Waals surface area contributed by atoms with Crippen molar-refractivity contribution in [3.63, 3.8) is 0 Å². The smallest absolute Gasteiger partial charge is 0.222 e. The largest absolute Gasteiger partial charge is 0.364 e. The van der Waals surface area contributed by atoms with Crippen LogP contribution in [0.4, 0.5) is 0 Å². The third-order valence-electron chi connectivity index (χ3n) is 4.96. The van der Waals surface area contributed by atoms with Crippen LogP contribution in [-0.2, 0) is 20.6 Å². The Labute approximate surface area is 154 Å². The zero-order valence-corrected chi connectivity index (χ0v) is 15.7. The second kappa shape index (κ2) is 8.48. The van der Waals surface area contributed by atoms with Crippen LogP contribution in [0.15, 0.2) is 16.9 Å². The van der Waals surface area contributed by atoms with Gasteiger partial charge in [-0.2, -0.15) is 4.31 Å². The predicted molar refractivity (Wildman–Crippen MR) is 94.5 cm³/mol. The van der Waals surface area contributed by atoms with Gasteiger partial charge in [-0.25, -0.2) is 8.42 Å². The fourth-order valence-electron chi connectivity index (χ4n) is 3.48. The molecular weight excluding hydrogens is 368 g/mol. The summed E-state index contributed by atoms with van der Waals surface area (Å²) < 4.78 is 30.8. The van der Waals surface area contributed by atoms with Gasteiger partial charge in [-0.3, -0.25) is 4.79 Å². The number of carbonyl (C=O) groups excluding carboxylic acids is 1. The van der Waals surface area contributed by atoms with E-state index in [1.807, 2.05) is 0 Å². The molecule has 1 amide bonds. The van der Waals surface area contributed by atoms with Crippen molar-refractivity contribution in [2.45, 2.75) is 37.5 Å². The van der Waals surface area contributed by atoms with Gasteiger partial charge in [0, 0.05) is 44.7 Å². The number of hydrogen-bond acceptors (Lipinski definition) is 6. The molecule has 25 heavy (non-hydrogen) atoms. The lowest BCUT2D eigenvalue weighted by Crippen LogP contribution is -2.51. The highest BCUT2D eigenvalue weighted by Gasteiger charge is 2.32. The van der Waals surface area contributed by atoms with Gasteiger partial charge in [0.25, 0.3) is 0 Å². The van der Waals surface area contributed by atoms with E-state index in [1.54, 1.807) is 11.0 Å². The van der Waals surface area contributed by atoms with Crippen LogP contribution in [-0.4, -0.2) is 60.9 Å². The van der Waals surface area contributed by atoms with E-state index < -0.39 is 10.0 Å². The Balaban J connectivity index is 0.00000225. The quantitative estimate of drug-likeness (QED) is 0.785. The summed E-state index contributed by atoms with van der Waals surface area (Å²) in [5.41, 5.74) is 6.42. The van der Waals surface area contributed by atoms with Gasteiger partial charge in [0.1, 0.15) is 12.0 Å². The van der Waals surface area contributed by atoms with Gasteiger partial charge in [0.05, 0.1) is 5.69 Å². The summed E-state index contributed by atoms with van der Waals surface area (Å²) in [4.78, 5) is 14.1. The molecule has 1 aromatic heterocycles. The van der Waals surface area contributed by atoms with Gasteiger partial charge in [-0.15, -0.1) is 12.4 Å². The second-order valence-electron chi connectivity index (χ2n) is 6.59.